The molecule has 2 aromatic rings. The molecule has 1 unspecified atom stereocenters. The van der Waals surface area contributed by atoms with Gasteiger partial charge in [-0.05, 0) is 65.1 Å². The van der Waals surface area contributed by atoms with Gasteiger partial charge in [-0.25, -0.2) is 0 Å². The minimum atomic E-state index is -0.750. The number of aromatic hydroxyl groups is 1. The SMILES string of the molecule is COc1c(C)cc2c(c1O)[C@@H]1C3Cc4c(OC(C)=O)c(C)c5c(c4[C@H](NC(=O)[C@H](C)N)N3[C@@H](C)[C@H](CC2)N1C)OCO5. The van der Waals surface area contributed by atoms with Gasteiger partial charge in [0.2, 0.25) is 12.7 Å². The predicted molar refractivity (Wildman–Crippen MR) is 154 cm³/mol. The highest BCUT2D eigenvalue weighted by atomic mass is 16.7. The number of hydrogen-bond donors (Lipinski definition) is 3. The van der Waals surface area contributed by atoms with Crippen LogP contribution in [-0.4, -0.2) is 71.9 Å². The van der Waals surface area contributed by atoms with E-state index < -0.39 is 18.2 Å². The molecule has 11 nitrogen and oxygen atoms in total. The molecule has 4 N–H and O–H groups in total. The number of likely N-dealkylation sites (N-methyl/N-ethyl adjacent to an activating group) is 1. The summed E-state index contributed by atoms with van der Waals surface area (Å²) in [4.78, 5) is 30.3. The van der Waals surface area contributed by atoms with Gasteiger partial charge in [-0.2, -0.15) is 0 Å². The van der Waals surface area contributed by atoms with Crippen molar-refractivity contribution in [1.29, 1.82) is 0 Å². The predicted octanol–water partition coefficient (Wildman–Crippen LogP) is 2.75. The van der Waals surface area contributed by atoms with Gasteiger partial charge < -0.3 is 35.1 Å². The molecule has 0 radical (unpaired) electrons. The minimum Gasteiger partial charge on any atom is -0.504 e. The number of esters is 1. The molecule has 0 saturated carbocycles. The number of nitrogens with two attached hydrogens (primary N) is 1. The van der Waals surface area contributed by atoms with Gasteiger partial charge in [-0.3, -0.25) is 19.4 Å². The van der Waals surface area contributed by atoms with Crippen LogP contribution in [0.2, 0.25) is 0 Å². The van der Waals surface area contributed by atoms with E-state index in [2.05, 4.69) is 35.2 Å². The largest absolute Gasteiger partial charge is 0.504 e. The molecular formula is C31H40N4O7. The second-order valence-electron chi connectivity index (χ2n) is 12.0. The molecule has 11 heteroatoms. The summed E-state index contributed by atoms with van der Waals surface area (Å²) in [7, 11) is 3.67. The number of phenols is 1. The van der Waals surface area contributed by atoms with Gasteiger partial charge in [0, 0.05) is 47.3 Å². The average Bonchev–Trinajstić information content (AvgIpc) is 3.38. The number of nitrogens with zero attached hydrogens (tertiary/aromatic N) is 2. The summed E-state index contributed by atoms with van der Waals surface area (Å²) in [6, 6.07) is 1.01. The van der Waals surface area contributed by atoms with E-state index in [9.17, 15) is 14.7 Å². The molecular weight excluding hydrogens is 540 g/mol. The first-order valence-electron chi connectivity index (χ1n) is 14.5. The number of ether oxygens (including phenoxy) is 4. The molecule has 2 bridgehead atoms. The Balaban J connectivity index is 1.63. The number of piperazine rings is 1. The summed E-state index contributed by atoms with van der Waals surface area (Å²) in [5.41, 5.74) is 11.0. The van der Waals surface area contributed by atoms with Gasteiger partial charge in [-0.1, -0.05) is 6.07 Å². The molecule has 42 heavy (non-hydrogen) atoms. The van der Waals surface area contributed by atoms with Crippen LogP contribution in [0, 0.1) is 13.8 Å². The van der Waals surface area contributed by atoms with E-state index in [1.165, 1.54) is 6.92 Å². The lowest BCUT2D eigenvalue weighted by molar-refractivity contribution is -0.133. The van der Waals surface area contributed by atoms with Crippen molar-refractivity contribution in [3.05, 3.63) is 39.4 Å². The fraction of sp³-hybridized carbons (Fsp3) is 0.548. The van der Waals surface area contributed by atoms with Gasteiger partial charge in [0.15, 0.2) is 23.0 Å². The maximum absolute atomic E-state index is 13.3. The number of hydrogen-bond acceptors (Lipinski definition) is 10. The van der Waals surface area contributed by atoms with E-state index in [1.54, 1.807) is 14.0 Å². The first kappa shape index (κ1) is 28.6. The first-order chi connectivity index (χ1) is 20.0. The van der Waals surface area contributed by atoms with Crippen molar-refractivity contribution in [2.45, 2.75) is 90.3 Å². The lowest BCUT2D eigenvalue weighted by atomic mass is 9.78. The Morgan fingerprint density at radius 2 is 1.88 bits per heavy atom. The summed E-state index contributed by atoms with van der Waals surface area (Å²) in [5.74, 6) is 1.30. The van der Waals surface area contributed by atoms with Crippen LogP contribution in [0.1, 0.15) is 72.8 Å². The number of fused-ring (bicyclic) bond motifs is 9. The summed E-state index contributed by atoms with van der Waals surface area (Å²) in [6.07, 6.45) is 1.48. The molecule has 0 aromatic heterocycles. The van der Waals surface area contributed by atoms with Crippen molar-refractivity contribution in [2.24, 2.45) is 5.73 Å². The number of aryl methyl sites for hydroxylation is 2. The maximum Gasteiger partial charge on any atom is 0.308 e. The number of carbonyl (C=O) groups is 2. The number of amides is 1. The molecule has 2 aromatic carbocycles. The zero-order chi connectivity index (χ0) is 30.2. The summed E-state index contributed by atoms with van der Waals surface area (Å²) in [5, 5.41) is 14.9. The highest BCUT2D eigenvalue weighted by molar-refractivity contribution is 5.82. The average molecular weight is 581 g/mol. The third kappa shape index (κ3) is 4.12. The molecule has 6 rings (SSSR count). The lowest BCUT2D eigenvalue weighted by Crippen LogP contribution is -2.67. The first-order valence-corrected chi connectivity index (χ1v) is 14.5. The zero-order valence-electron chi connectivity index (χ0n) is 25.2. The Morgan fingerprint density at radius 1 is 1.17 bits per heavy atom. The Labute approximate surface area is 245 Å². The zero-order valence-corrected chi connectivity index (χ0v) is 25.2. The summed E-state index contributed by atoms with van der Waals surface area (Å²) in [6.45, 7) is 9.02. The molecule has 4 aliphatic heterocycles. The molecule has 1 saturated heterocycles. The highest BCUT2D eigenvalue weighted by Gasteiger charge is 2.54. The van der Waals surface area contributed by atoms with Crippen molar-refractivity contribution < 1.29 is 33.6 Å². The van der Waals surface area contributed by atoms with E-state index in [0.29, 0.717) is 40.5 Å². The van der Waals surface area contributed by atoms with E-state index in [0.717, 1.165) is 35.1 Å². The van der Waals surface area contributed by atoms with E-state index >= 15 is 0 Å². The number of methoxy groups -OCH3 is 1. The second kappa shape index (κ2) is 10.3. The Morgan fingerprint density at radius 3 is 2.55 bits per heavy atom. The van der Waals surface area contributed by atoms with Crippen LogP contribution in [0.25, 0.3) is 0 Å². The normalized spacial score (nSPS) is 26.8. The van der Waals surface area contributed by atoms with E-state index in [1.807, 2.05) is 13.8 Å². The van der Waals surface area contributed by atoms with Gasteiger partial charge in [0.05, 0.1) is 19.2 Å². The van der Waals surface area contributed by atoms with E-state index in [-0.39, 0.29) is 42.6 Å². The van der Waals surface area contributed by atoms with Crippen LogP contribution in [0.5, 0.6) is 28.7 Å². The fourth-order valence-corrected chi connectivity index (χ4v) is 7.82. The molecule has 226 valence electrons. The second-order valence-corrected chi connectivity index (χ2v) is 12.0. The monoisotopic (exact) mass is 580 g/mol. The molecule has 4 aliphatic rings. The van der Waals surface area contributed by atoms with Crippen molar-refractivity contribution in [2.75, 3.05) is 21.0 Å². The number of carbonyl (C=O) groups excluding carboxylic acids is 2. The molecule has 4 heterocycles. The Kier molecular flexibility index (Phi) is 7.02. The van der Waals surface area contributed by atoms with Crippen LogP contribution in [0.4, 0.5) is 0 Å². The Bertz CT molecular complexity index is 1470. The van der Waals surface area contributed by atoms with Crippen molar-refractivity contribution in [1.82, 2.24) is 15.1 Å². The standard InChI is InChI=1S/C31H40N4O7/c1-13-10-18-8-9-20-16(4)35-21(24(34(20)6)22(18)25(37)26(13)39-7)11-19-23(30(35)33-31(38)15(3)32)29-28(40-12-41-29)14(2)27(19)42-17(5)36/h10,15-16,20-21,24,30,37H,8-9,11-12,32H2,1-7H3,(H,33,38)/t15-,16-,20-,21?,24-,30+/m0/s1. The van der Waals surface area contributed by atoms with Crippen LogP contribution >= 0.6 is 0 Å². The summed E-state index contributed by atoms with van der Waals surface area (Å²) < 4.78 is 23.4. The van der Waals surface area contributed by atoms with Gasteiger partial charge >= 0.3 is 5.97 Å². The third-order valence-electron chi connectivity index (χ3n) is 9.57. The molecule has 1 amide bonds. The molecule has 6 atom stereocenters. The summed E-state index contributed by atoms with van der Waals surface area (Å²) >= 11 is 0. The molecule has 0 spiro atoms. The number of phenolic OH excluding ortho intramolecular Hbond substituents is 1. The quantitative estimate of drug-likeness (QED) is 0.366. The smallest absolute Gasteiger partial charge is 0.308 e. The fourth-order valence-electron chi connectivity index (χ4n) is 7.82. The van der Waals surface area contributed by atoms with Gasteiger partial charge in [0.25, 0.3) is 0 Å². The van der Waals surface area contributed by atoms with Gasteiger partial charge in [0.1, 0.15) is 11.9 Å². The number of rotatable bonds is 4. The van der Waals surface area contributed by atoms with Crippen molar-refractivity contribution in [3.8, 4) is 28.7 Å². The topological polar surface area (TPSA) is 136 Å². The number of benzene rings is 2. The molecule has 1 fully saturated rings. The number of nitrogens with one attached hydrogen (secondary N) is 1. The van der Waals surface area contributed by atoms with E-state index in [4.69, 9.17) is 24.7 Å². The van der Waals surface area contributed by atoms with Crippen LogP contribution in [0.15, 0.2) is 6.07 Å². The van der Waals surface area contributed by atoms with Crippen molar-refractivity contribution >= 4 is 11.9 Å². The maximum atomic E-state index is 13.3. The van der Waals surface area contributed by atoms with Crippen LogP contribution < -0.4 is 30.0 Å². The van der Waals surface area contributed by atoms with Crippen LogP contribution in [-0.2, 0) is 22.4 Å². The van der Waals surface area contributed by atoms with Crippen LogP contribution in [0.3, 0.4) is 0 Å². The lowest BCUT2D eigenvalue weighted by Gasteiger charge is -2.58. The van der Waals surface area contributed by atoms with Crippen molar-refractivity contribution in [3.63, 3.8) is 0 Å². The molecule has 0 aliphatic carbocycles. The third-order valence-corrected chi connectivity index (χ3v) is 9.57. The Hall–Kier alpha value is -3.54. The highest BCUT2D eigenvalue weighted by Crippen LogP contribution is 2.57. The van der Waals surface area contributed by atoms with Gasteiger partial charge in [-0.15, -0.1) is 0 Å². The minimum absolute atomic E-state index is 0.00122.